The third-order valence-electron chi connectivity index (χ3n) is 3.57. The van der Waals surface area contributed by atoms with Crippen molar-refractivity contribution in [1.29, 1.82) is 0 Å². The van der Waals surface area contributed by atoms with Crippen LogP contribution in [0.5, 0.6) is 11.5 Å². The van der Waals surface area contributed by atoms with Gasteiger partial charge in [0.05, 0.1) is 7.11 Å². The Morgan fingerprint density at radius 1 is 0.850 bits per heavy atom. The monoisotopic (exact) mass is 270 g/mol. The molecule has 0 spiro atoms. The first-order valence-corrected chi connectivity index (χ1v) is 6.43. The fourth-order valence-electron chi connectivity index (χ4n) is 2.18. The van der Waals surface area contributed by atoms with E-state index in [0.717, 1.165) is 11.3 Å². The Hall–Kier alpha value is -2.29. The number of hydrogen-bond acceptors (Lipinski definition) is 3. The van der Waals surface area contributed by atoms with Crippen LogP contribution in [0.1, 0.15) is 25.0 Å². The van der Waals surface area contributed by atoms with E-state index in [0.29, 0.717) is 12.2 Å². The molecule has 3 nitrogen and oxygen atoms in total. The summed E-state index contributed by atoms with van der Waals surface area (Å²) < 4.78 is 9.99. The summed E-state index contributed by atoms with van der Waals surface area (Å²) in [6.07, 6.45) is 0. The van der Waals surface area contributed by atoms with Crippen LogP contribution in [-0.2, 0) is 10.2 Å². The van der Waals surface area contributed by atoms with Crippen molar-refractivity contribution in [3.05, 3.63) is 59.7 Å². The third-order valence-corrected chi connectivity index (χ3v) is 3.57. The average Bonchev–Trinajstić information content (AvgIpc) is 2.48. The summed E-state index contributed by atoms with van der Waals surface area (Å²) in [6, 6.07) is 15.6. The molecule has 0 saturated carbocycles. The van der Waals surface area contributed by atoms with Crippen molar-refractivity contribution < 1.29 is 14.3 Å². The van der Waals surface area contributed by atoms with Gasteiger partial charge in [-0.3, -0.25) is 4.79 Å². The van der Waals surface area contributed by atoms with Gasteiger partial charge in [0.25, 0.3) is 6.47 Å². The Morgan fingerprint density at radius 2 is 1.30 bits per heavy atom. The van der Waals surface area contributed by atoms with E-state index in [1.807, 2.05) is 24.3 Å². The zero-order valence-corrected chi connectivity index (χ0v) is 11.9. The van der Waals surface area contributed by atoms with Gasteiger partial charge in [-0.25, -0.2) is 0 Å². The number of hydrogen-bond donors (Lipinski definition) is 0. The van der Waals surface area contributed by atoms with Gasteiger partial charge in [0, 0.05) is 5.41 Å². The second-order valence-electron chi connectivity index (χ2n) is 5.09. The lowest BCUT2D eigenvalue weighted by Gasteiger charge is -2.26. The fraction of sp³-hybridized carbons (Fsp3) is 0.235. The molecule has 0 aliphatic rings. The van der Waals surface area contributed by atoms with E-state index >= 15 is 0 Å². The van der Waals surface area contributed by atoms with Crippen molar-refractivity contribution in [1.82, 2.24) is 0 Å². The van der Waals surface area contributed by atoms with Gasteiger partial charge in [0.2, 0.25) is 0 Å². The maximum atomic E-state index is 10.3. The van der Waals surface area contributed by atoms with Crippen LogP contribution in [-0.4, -0.2) is 13.6 Å². The van der Waals surface area contributed by atoms with Crippen molar-refractivity contribution in [3.63, 3.8) is 0 Å². The van der Waals surface area contributed by atoms with Crippen LogP contribution in [0, 0.1) is 0 Å². The van der Waals surface area contributed by atoms with Gasteiger partial charge in [-0.05, 0) is 35.4 Å². The molecule has 0 amide bonds. The highest BCUT2D eigenvalue weighted by Crippen LogP contribution is 2.33. The van der Waals surface area contributed by atoms with Gasteiger partial charge >= 0.3 is 0 Å². The molecule has 0 bridgehead atoms. The molecule has 104 valence electrons. The van der Waals surface area contributed by atoms with E-state index in [4.69, 9.17) is 9.47 Å². The normalized spacial score (nSPS) is 10.9. The predicted octanol–water partition coefficient (Wildman–Crippen LogP) is 3.56. The summed E-state index contributed by atoms with van der Waals surface area (Å²) in [6.45, 7) is 4.75. The minimum atomic E-state index is -0.133. The lowest BCUT2D eigenvalue weighted by molar-refractivity contribution is -0.120. The molecule has 0 saturated heterocycles. The van der Waals surface area contributed by atoms with Crippen LogP contribution in [0.2, 0.25) is 0 Å². The smallest absolute Gasteiger partial charge is 0.298 e. The summed E-state index contributed by atoms with van der Waals surface area (Å²) in [5.74, 6) is 1.40. The summed E-state index contributed by atoms with van der Waals surface area (Å²) in [5, 5.41) is 0. The molecule has 2 aromatic carbocycles. The maximum absolute atomic E-state index is 10.3. The molecule has 2 rings (SSSR count). The van der Waals surface area contributed by atoms with E-state index in [9.17, 15) is 4.79 Å². The summed E-state index contributed by atoms with van der Waals surface area (Å²) >= 11 is 0. The van der Waals surface area contributed by atoms with Crippen LogP contribution >= 0.6 is 0 Å². The third kappa shape index (κ3) is 2.82. The van der Waals surface area contributed by atoms with Gasteiger partial charge in [-0.15, -0.1) is 0 Å². The van der Waals surface area contributed by atoms with Crippen molar-refractivity contribution >= 4 is 6.47 Å². The number of carbonyl (C=O) groups excluding carboxylic acids is 1. The van der Waals surface area contributed by atoms with Gasteiger partial charge < -0.3 is 9.47 Å². The summed E-state index contributed by atoms with van der Waals surface area (Å²) in [7, 11) is 1.66. The molecule has 20 heavy (non-hydrogen) atoms. The van der Waals surface area contributed by atoms with Gasteiger partial charge in [-0.1, -0.05) is 38.1 Å². The standard InChI is InChI=1S/C17H18O3/c1-17(2,13-4-8-15(19-3)9-5-13)14-6-10-16(11-7-14)20-12-18/h4-12H,1-3H3. The van der Waals surface area contributed by atoms with Crippen LogP contribution in [0.3, 0.4) is 0 Å². The summed E-state index contributed by atoms with van der Waals surface area (Å²) in [4.78, 5) is 10.3. The molecule has 0 unspecified atom stereocenters. The number of methoxy groups -OCH3 is 1. The second-order valence-corrected chi connectivity index (χ2v) is 5.09. The Labute approximate surface area is 119 Å². The molecule has 0 fully saturated rings. The first-order chi connectivity index (χ1) is 9.57. The maximum Gasteiger partial charge on any atom is 0.298 e. The van der Waals surface area contributed by atoms with Crippen LogP contribution in [0.25, 0.3) is 0 Å². The molecule has 0 radical (unpaired) electrons. The zero-order valence-electron chi connectivity index (χ0n) is 11.9. The van der Waals surface area contributed by atoms with Crippen molar-refractivity contribution in [2.24, 2.45) is 0 Å². The van der Waals surface area contributed by atoms with E-state index in [2.05, 4.69) is 26.0 Å². The average molecular weight is 270 g/mol. The molecule has 0 aliphatic carbocycles. The Morgan fingerprint density at radius 3 is 1.70 bits per heavy atom. The Kier molecular flexibility index (Phi) is 4.08. The molecule has 0 atom stereocenters. The highest BCUT2D eigenvalue weighted by molar-refractivity contribution is 5.47. The molecular formula is C17H18O3. The van der Waals surface area contributed by atoms with Crippen LogP contribution < -0.4 is 9.47 Å². The van der Waals surface area contributed by atoms with Crippen molar-refractivity contribution in [2.75, 3.05) is 7.11 Å². The Bertz CT molecular complexity index is 568. The molecule has 2 aromatic rings. The quantitative estimate of drug-likeness (QED) is 0.779. The molecule has 0 aromatic heterocycles. The van der Waals surface area contributed by atoms with Crippen molar-refractivity contribution in [3.8, 4) is 11.5 Å². The van der Waals surface area contributed by atoms with Crippen LogP contribution in [0.4, 0.5) is 0 Å². The van der Waals surface area contributed by atoms with E-state index in [1.54, 1.807) is 19.2 Å². The van der Waals surface area contributed by atoms with Gasteiger partial charge in [-0.2, -0.15) is 0 Å². The van der Waals surface area contributed by atoms with E-state index in [1.165, 1.54) is 5.56 Å². The molecule has 0 N–H and O–H groups in total. The highest BCUT2D eigenvalue weighted by atomic mass is 16.5. The van der Waals surface area contributed by atoms with Crippen LogP contribution in [0.15, 0.2) is 48.5 Å². The molecular weight excluding hydrogens is 252 g/mol. The minimum Gasteiger partial charge on any atom is -0.497 e. The second kappa shape index (κ2) is 5.78. The van der Waals surface area contributed by atoms with E-state index < -0.39 is 0 Å². The highest BCUT2D eigenvalue weighted by Gasteiger charge is 2.23. The number of rotatable bonds is 5. The number of carbonyl (C=O) groups is 1. The van der Waals surface area contributed by atoms with E-state index in [-0.39, 0.29) is 5.41 Å². The fourth-order valence-corrected chi connectivity index (χ4v) is 2.18. The lowest BCUT2D eigenvalue weighted by Crippen LogP contribution is -2.18. The lowest BCUT2D eigenvalue weighted by atomic mass is 9.78. The minimum absolute atomic E-state index is 0.133. The first kappa shape index (κ1) is 14.1. The zero-order chi connectivity index (χ0) is 14.6. The van der Waals surface area contributed by atoms with Gasteiger partial charge in [0.15, 0.2) is 0 Å². The topological polar surface area (TPSA) is 35.5 Å². The number of ether oxygens (including phenoxy) is 2. The largest absolute Gasteiger partial charge is 0.497 e. The summed E-state index contributed by atoms with van der Waals surface area (Å²) in [5.41, 5.74) is 2.22. The Balaban J connectivity index is 2.29. The predicted molar refractivity (Wildman–Crippen MR) is 78.3 cm³/mol. The first-order valence-electron chi connectivity index (χ1n) is 6.43. The van der Waals surface area contributed by atoms with Crippen molar-refractivity contribution in [2.45, 2.75) is 19.3 Å². The molecule has 3 heteroatoms. The van der Waals surface area contributed by atoms with Gasteiger partial charge in [0.1, 0.15) is 11.5 Å². The molecule has 0 heterocycles. The number of benzene rings is 2. The molecule has 0 aliphatic heterocycles. The SMILES string of the molecule is COc1ccc(C(C)(C)c2ccc(OC=O)cc2)cc1.